The van der Waals surface area contributed by atoms with Crippen LogP contribution in [0.1, 0.15) is 16.8 Å². The molecule has 0 saturated heterocycles. The minimum absolute atomic E-state index is 0.0352. The molecule has 0 radical (unpaired) electrons. The van der Waals surface area contributed by atoms with Crippen molar-refractivity contribution in [3.05, 3.63) is 95.8 Å². The molecule has 0 aliphatic heterocycles. The first kappa shape index (κ1) is 18.8. The molecule has 1 amide bonds. The molecule has 0 aliphatic carbocycles. The van der Waals surface area contributed by atoms with E-state index in [4.69, 9.17) is 0 Å². The van der Waals surface area contributed by atoms with Crippen LogP contribution in [0, 0.1) is 0 Å². The summed E-state index contributed by atoms with van der Waals surface area (Å²) in [6.07, 6.45) is 3.00. The van der Waals surface area contributed by atoms with Gasteiger partial charge in [0, 0.05) is 31.2 Å². The highest BCUT2D eigenvalue weighted by atomic mass is 16.2. The van der Waals surface area contributed by atoms with Crippen LogP contribution in [-0.2, 0) is 24.2 Å². The first-order chi connectivity index (χ1) is 13.2. The van der Waals surface area contributed by atoms with Crippen molar-refractivity contribution in [2.45, 2.75) is 19.4 Å². The molecule has 0 saturated carbocycles. The molecule has 0 spiro atoms. The summed E-state index contributed by atoms with van der Waals surface area (Å²) >= 11 is 0. The maximum Gasteiger partial charge on any atom is 0.232 e. The smallest absolute Gasteiger partial charge is 0.232 e. The highest BCUT2D eigenvalue weighted by Gasteiger charge is 2.12. The number of benzene rings is 2. The molecule has 1 aromatic heterocycles. The van der Waals surface area contributed by atoms with Gasteiger partial charge in [0.15, 0.2) is 0 Å². The molecular weight excluding hydrogens is 334 g/mol. The van der Waals surface area contributed by atoms with Crippen molar-refractivity contribution >= 4 is 11.6 Å². The number of rotatable bonds is 8. The van der Waals surface area contributed by atoms with E-state index in [1.807, 2.05) is 48.5 Å². The van der Waals surface area contributed by atoms with Crippen LogP contribution in [0.4, 0.5) is 5.69 Å². The second-order valence-electron chi connectivity index (χ2n) is 6.53. The summed E-state index contributed by atoms with van der Waals surface area (Å²) in [6.45, 7) is 1.75. The highest BCUT2D eigenvalue weighted by Crippen LogP contribution is 2.13. The van der Waals surface area contributed by atoms with E-state index in [2.05, 4.69) is 34.6 Å². The maximum atomic E-state index is 12.5. The lowest BCUT2D eigenvalue weighted by molar-refractivity contribution is -0.117. The van der Waals surface area contributed by atoms with Gasteiger partial charge in [-0.1, -0.05) is 48.5 Å². The Morgan fingerprint density at radius 1 is 0.963 bits per heavy atom. The fraction of sp³-hybridized carbons (Fsp3) is 0.217. The number of aromatic nitrogens is 1. The van der Waals surface area contributed by atoms with Gasteiger partial charge in [-0.05, 0) is 48.4 Å². The molecule has 0 atom stereocenters. The Hall–Kier alpha value is -2.98. The van der Waals surface area contributed by atoms with Gasteiger partial charge in [0.1, 0.15) is 0 Å². The van der Waals surface area contributed by atoms with Gasteiger partial charge >= 0.3 is 0 Å². The Morgan fingerprint density at radius 2 is 1.67 bits per heavy atom. The monoisotopic (exact) mass is 359 g/mol. The Morgan fingerprint density at radius 3 is 2.41 bits per heavy atom. The number of nitrogens with zero attached hydrogens (tertiary/aromatic N) is 2. The van der Waals surface area contributed by atoms with Crippen molar-refractivity contribution in [2.75, 3.05) is 18.5 Å². The summed E-state index contributed by atoms with van der Waals surface area (Å²) in [7, 11) is 1.80. The van der Waals surface area contributed by atoms with Crippen LogP contribution in [0.5, 0.6) is 0 Å². The van der Waals surface area contributed by atoms with Crippen molar-refractivity contribution in [1.29, 1.82) is 0 Å². The minimum Gasteiger partial charge on any atom is -0.315 e. The van der Waals surface area contributed by atoms with E-state index in [-0.39, 0.29) is 5.91 Å². The highest BCUT2D eigenvalue weighted by molar-refractivity contribution is 5.93. The van der Waals surface area contributed by atoms with Gasteiger partial charge in [0.2, 0.25) is 5.91 Å². The number of likely N-dealkylation sites (N-methyl/N-ethyl adjacent to an activating group) is 1. The van der Waals surface area contributed by atoms with E-state index < -0.39 is 0 Å². The molecule has 1 N–H and O–H groups in total. The lowest BCUT2D eigenvalue weighted by atomic mass is 10.1. The molecule has 3 rings (SSSR count). The van der Waals surface area contributed by atoms with Gasteiger partial charge in [-0.25, -0.2) is 0 Å². The summed E-state index contributed by atoms with van der Waals surface area (Å²) in [6, 6.07) is 24.1. The van der Waals surface area contributed by atoms with Gasteiger partial charge in [-0.3, -0.25) is 9.78 Å². The van der Waals surface area contributed by atoms with Crippen LogP contribution in [0.25, 0.3) is 0 Å². The Bertz CT molecular complexity index is 850. The summed E-state index contributed by atoms with van der Waals surface area (Å²) in [4.78, 5) is 18.6. The van der Waals surface area contributed by atoms with Crippen molar-refractivity contribution in [3.8, 4) is 0 Å². The van der Waals surface area contributed by atoms with Crippen molar-refractivity contribution < 1.29 is 4.79 Å². The third-order valence-corrected chi connectivity index (χ3v) is 4.49. The van der Waals surface area contributed by atoms with Gasteiger partial charge in [0.25, 0.3) is 0 Å². The molecule has 4 nitrogen and oxygen atoms in total. The summed E-state index contributed by atoms with van der Waals surface area (Å²) in [5.74, 6) is 0.0352. The number of anilines is 1. The number of hydrogen-bond donors (Lipinski definition) is 1. The van der Waals surface area contributed by atoms with E-state index >= 15 is 0 Å². The average Bonchev–Trinajstić information content (AvgIpc) is 2.72. The fourth-order valence-electron chi connectivity index (χ4n) is 2.91. The third kappa shape index (κ3) is 5.76. The van der Waals surface area contributed by atoms with Crippen molar-refractivity contribution in [2.24, 2.45) is 0 Å². The predicted molar refractivity (Wildman–Crippen MR) is 110 cm³/mol. The van der Waals surface area contributed by atoms with Gasteiger partial charge in [-0.2, -0.15) is 0 Å². The zero-order valence-corrected chi connectivity index (χ0v) is 15.6. The fourth-order valence-corrected chi connectivity index (χ4v) is 2.91. The molecule has 0 aliphatic rings. The number of amides is 1. The van der Waals surface area contributed by atoms with E-state index in [1.54, 1.807) is 18.1 Å². The SMILES string of the molecule is CN(C(=O)Cc1cc(CCNCc2ccccc2)ccn1)c1ccccc1. The Balaban J connectivity index is 1.50. The van der Waals surface area contributed by atoms with E-state index in [1.165, 1.54) is 11.1 Å². The maximum absolute atomic E-state index is 12.5. The van der Waals surface area contributed by atoms with Crippen LogP contribution in [-0.4, -0.2) is 24.5 Å². The molecule has 0 unspecified atom stereocenters. The molecule has 4 heteroatoms. The average molecular weight is 359 g/mol. The molecule has 2 aromatic carbocycles. The largest absolute Gasteiger partial charge is 0.315 e. The summed E-state index contributed by atoms with van der Waals surface area (Å²) < 4.78 is 0. The normalized spacial score (nSPS) is 10.6. The number of para-hydroxylation sites is 1. The van der Waals surface area contributed by atoms with Crippen LogP contribution in [0.3, 0.4) is 0 Å². The summed E-state index contributed by atoms with van der Waals surface area (Å²) in [5, 5.41) is 3.45. The van der Waals surface area contributed by atoms with Gasteiger partial charge in [-0.15, -0.1) is 0 Å². The van der Waals surface area contributed by atoms with E-state index in [9.17, 15) is 4.79 Å². The first-order valence-corrected chi connectivity index (χ1v) is 9.22. The molecular formula is C23H25N3O. The lowest BCUT2D eigenvalue weighted by Crippen LogP contribution is -2.28. The molecule has 27 heavy (non-hydrogen) atoms. The number of hydrogen-bond acceptors (Lipinski definition) is 3. The lowest BCUT2D eigenvalue weighted by Gasteiger charge is -2.17. The Kier molecular flexibility index (Phi) is 6.72. The van der Waals surface area contributed by atoms with Gasteiger partial charge in [0.05, 0.1) is 6.42 Å². The standard InChI is InChI=1S/C23H25N3O/c1-26(22-10-6-3-7-11-22)23(27)17-21-16-19(13-15-25-21)12-14-24-18-20-8-4-2-5-9-20/h2-11,13,15-16,24H,12,14,17-18H2,1H3. The molecule has 0 fully saturated rings. The number of nitrogens with one attached hydrogen (secondary N) is 1. The van der Waals surface area contributed by atoms with Crippen molar-refractivity contribution in [3.63, 3.8) is 0 Å². The predicted octanol–water partition coefficient (Wildman–Crippen LogP) is 3.62. The molecule has 1 heterocycles. The van der Waals surface area contributed by atoms with Gasteiger partial charge < -0.3 is 10.2 Å². The van der Waals surface area contributed by atoms with Crippen LogP contribution >= 0.6 is 0 Å². The first-order valence-electron chi connectivity index (χ1n) is 9.22. The summed E-state index contributed by atoms with van der Waals surface area (Å²) in [5.41, 5.74) is 4.17. The number of pyridine rings is 1. The van der Waals surface area contributed by atoms with Crippen molar-refractivity contribution in [1.82, 2.24) is 10.3 Å². The van der Waals surface area contributed by atoms with E-state index in [0.717, 1.165) is 30.9 Å². The van der Waals surface area contributed by atoms with E-state index in [0.29, 0.717) is 6.42 Å². The quantitative estimate of drug-likeness (QED) is 0.625. The zero-order chi connectivity index (χ0) is 18.9. The number of carbonyl (C=O) groups excluding carboxylic acids is 1. The second-order valence-corrected chi connectivity index (χ2v) is 6.53. The third-order valence-electron chi connectivity index (χ3n) is 4.49. The second kappa shape index (κ2) is 9.64. The van der Waals surface area contributed by atoms with Crippen LogP contribution < -0.4 is 10.2 Å². The minimum atomic E-state index is 0.0352. The Labute approximate surface area is 160 Å². The molecule has 138 valence electrons. The topological polar surface area (TPSA) is 45.2 Å². The zero-order valence-electron chi connectivity index (χ0n) is 15.6. The van der Waals surface area contributed by atoms with Crippen LogP contribution in [0.15, 0.2) is 79.0 Å². The molecule has 0 bridgehead atoms. The number of carbonyl (C=O) groups is 1. The molecule has 3 aromatic rings. The van der Waals surface area contributed by atoms with Crippen LogP contribution in [0.2, 0.25) is 0 Å².